The van der Waals surface area contributed by atoms with Crippen LogP contribution in [0, 0.1) is 35.8 Å². The normalized spacial score (nSPS) is 14.8. The molecule has 12 heteroatoms. The number of anilines is 3. The van der Waals surface area contributed by atoms with Crippen molar-refractivity contribution in [3.8, 4) is 17.3 Å². The molecular weight excluding hydrogens is 514 g/mol. The maximum absolute atomic E-state index is 14.2. The van der Waals surface area contributed by atoms with Crippen molar-refractivity contribution in [3.05, 3.63) is 72.7 Å². The van der Waals surface area contributed by atoms with Gasteiger partial charge in [-0.05, 0) is 43.9 Å². The lowest BCUT2D eigenvalue weighted by Crippen LogP contribution is -2.37. The molecule has 1 atom stereocenters. The molecule has 5 aromatic rings. The van der Waals surface area contributed by atoms with E-state index in [4.69, 9.17) is 0 Å². The molecule has 0 amide bonds. The first kappa shape index (κ1) is 25.4. The van der Waals surface area contributed by atoms with Crippen LogP contribution >= 0.6 is 0 Å². The number of hydrogen-bond donors (Lipinski definition) is 2. The SMILES string of the molecule is Cc1c(Nc2cc(F)ccc2F)ncnc1N1CCC(C(CC#N)n2cc(-c3ncnc4[nH]ccc34)cn2)CC1. The molecule has 1 unspecified atom stereocenters. The number of aromatic nitrogens is 7. The van der Waals surface area contributed by atoms with E-state index in [1.165, 1.54) is 12.7 Å². The van der Waals surface area contributed by atoms with Crippen LogP contribution in [0.1, 0.15) is 30.9 Å². The highest BCUT2D eigenvalue weighted by Gasteiger charge is 2.30. The predicted octanol–water partition coefficient (Wildman–Crippen LogP) is 5.31. The van der Waals surface area contributed by atoms with Crippen LogP contribution in [-0.2, 0) is 0 Å². The Morgan fingerprint density at radius 1 is 1.12 bits per heavy atom. The lowest BCUT2D eigenvalue weighted by Gasteiger charge is -2.36. The van der Waals surface area contributed by atoms with Gasteiger partial charge in [-0.2, -0.15) is 10.4 Å². The van der Waals surface area contributed by atoms with E-state index >= 15 is 0 Å². The lowest BCUT2D eigenvalue weighted by atomic mass is 9.87. The summed E-state index contributed by atoms with van der Waals surface area (Å²) in [5, 5.41) is 18.1. The van der Waals surface area contributed by atoms with E-state index in [-0.39, 0.29) is 17.6 Å². The van der Waals surface area contributed by atoms with Crippen LogP contribution in [0.2, 0.25) is 0 Å². The number of nitrogens with zero attached hydrogens (tertiary/aromatic N) is 8. The molecular formula is C28H26F2N10. The maximum atomic E-state index is 14.2. The first-order valence-electron chi connectivity index (χ1n) is 13.0. The number of nitriles is 1. The van der Waals surface area contributed by atoms with E-state index in [0.717, 1.165) is 77.8 Å². The minimum Gasteiger partial charge on any atom is -0.356 e. The van der Waals surface area contributed by atoms with E-state index < -0.39 is 11.6 Å². The van der Waals surface area contributed by atoms with Crippen LogP contribution in [0.3, 0.4) is 0 Å². The minimum atomic E-state index is -0.565. The molecule has 1 aromatic carbocycles. The van der Waals surface area contributed by atoms with Gasteiger partial charge in [-0.1, -0.05) is 0 Å². The Balaban J connectivity index is 1.18. The summed E-state index contributed by atoms with van der Waals surface area (Å²) >= 11 is 0. The molecule has 4 aromatic heterocycles. The Bertz CT molecular complexity index is 1700. The Morgan fingerprint density at radius 2 is 1.95 bits per heavy atom. The summed E-state index contributed by atoms with van der Waals surface area (Å²) in [4.78, 5) is 22.7. The number of piperidine rings is 1. The molecule has 0 saturated carbocycles. The van der Waals surface area contributed by atoms with E-state index in [9.17, 15) is 14.0 Å². The third kappa shape index (κ3) is 4.82. The molecule has 1 aliphatic rings. The zero-order valence-electron chi connectivity index (χ0n) is 21.7. The van der Waals surface area contributed by atoms with Crippen molar-refractivity contribution in [2.45, 2.75) is 32.2 Å². The van der Waals surface area contributed by atoms with Gasteiger partial charge in [0.2, 0.25) is 0 Å². The van der Waals surface area contributed by atoms with Crippen molar-refractivity contribution in [1.29, 1.82) is 5.26 Å². The summed E-state index contributed by atoms with van der Waals surface area (Å²) in [5.41, 5.74) is 3.20. The third-order valence-electron chi connectivity index (χ3n) is 7.49. The lowest BCUT2D eigenvalue weighted by molar-refractivity contribution is 0.260. The minimum absolute atomic E-state index is 0.0172. The molecule has 1 aliphatic heterocycles. The molecule has 1 fully saturated rings. The molecule has 0 bridgehead atoms. The molecule has 2 N–H and O–H groups in total. The van der Waals surface area contributed by atoms with Gasteiger partial charge in [-0.3, -0.25) is 4.68 Å². The number of hydrogen-bond acceptors (Lipinski definition) is 8. The van der Waals surface area contributed by atoms with Gasteiger partial charge in [0, 0.05) is 48.1 Å². The van der Waals surface area contributed by atoms with E-state index in [0.29, 0.717) is 12.2 Å². The first-order chi connectivity index (χ1) is 19.5. The molecule has 0 spiro atoms. The smallest absolute Gasteiger partial charge is 0.146 e. The molecule has 5 heterocycles. The van der Waals surface area contributed by atoms with Crippen molar-refractivity contribution in [1.82, 2.24) is 34.7 Å². The average molecular weight is 541 g/mol. The summed E-state index contributed by atoms with van der Waals surface area (Å²) in [6.45, 7) is 3.31. The highest BCUT2D eigenvalue weighted by atomic mass is 19.1. The largest absolute Gasteiger partial charge is 0.356 e. The van der Waals surface area contributed by atoms with Crippen LogP contribution < -0.4 is 10.2 Å². The molecule has 40 heavy (non-hydrogen) atoms. The number of H-pyrrole nitrogens is 1. The van der Waals surface area contributed by atoms with Gasteiger partial charge >= 0.3 is 0 Å². The van der Waals surface area contributed by atoms with Crippen molar-refractivity contribution in [2.24, 2.45) is 5.92 Å². The van der Waals surface area contributed by atoms with Crippen molar-refractivity contribution in [3.63, 3.8) is 0 Å². The number of benzene rings is 1. The van der Waals surface area contributed by atoms with Crippen LogP contribution in [-0.4, -0.2) is 47.8 Å². The monoisotopic (exact) mass is 540 g/mol. The maximum Gasteiger partial charge on any atom is 0.146 e. The summed E-state index contributed by atoms with van der Waals surface area (Å²) in [6.07, 6.45) is 10.5. The Kier molecular flexibility index (Phi) is 6.77. The van der Waals surface area contributed by atoms with Crippen LogP contribution in [0.25, 0.3) is 22.3 Å². The van der Waals surface area contributed by atoms with Crippen LogP contribution in [0.15, 0.2) is 55.5 Å². The van der Waals surface area contributed by atoms with Crippen molar-refractivity contribution < 1.29 is 8.78 Å². The topological polar surface area (TPSA) is 124 Å². The standard InChI is InChI=1S/C28H26F2N10/c1-17-26(38-23-12-20(29)2-3-22(23)30)34-16-36-28(17)39-10-6-18(7-11-39)24(4-8-31)40-14-19(13-37-40)25-21-5-9-32-27(21)35-15-33-25/h2-3,5,9,12-16,18,24H,4,6-7,10-11H2,1H3,(H,32,33,35)(H,34,36,38). The molecule has 202 valence electrons. The summed E-state index contributed by atoms with van der Waals surface area (Å²) in [7, 11) is 0. The first-order valence-corrected chi connectivity index (χ1v) is 13.0. The number of fused-ring (bicyclic) bond motifs is 1. The predicted molar refractivity (Wildman–Crippen MR) is 146 cm³/mol. The fourth-order valence-corrected chi connectivity index (χ4v) is 5.42. The second-order valence-electron chi connectivity index (χ2n) is 9.85. The zero-order valence-corrected chi connectivity index (χ0v) is 21.7. The Labute approximate surface area is 228 Å². The van der Waals surface area contributed by atoms with E-state index in [1.54, 1.807) is 6.20 Å². The zero-order chi connectivity index (χ0) is 27.6. The highest BCUT2D eigenvalue weighted by molar-refractivity contribution is 5.90. The number of halogens is 2. The second-order valence-corrected chi connectivity index (χ2v) is 9.85. The molecule has 0 aliphatic carbocycles. The molecule has 10 nitrogen and oxygen atoms in total. The van der Waals surface area contributed by atoms with Gasteiger partial charge in [-0.25, -0.2) is 28.7 Å². The highest BCUT2D eigenvalue weighted by Crippen LogP contribution is 2.35. The van der Waals surface area contributed by atoms with Gasteiger partial charge in [0.25, 0.3) is 0 Å². The van der Waals surface area contributed by atoms with Gasteiger partial charge in [0.1, 0.15) is 41.6 Å². The summed E-state index contributed by atoms with van der Waals surface area (Å²) in [5.74, 6) is 0.297. The average Bonchev–Trinajstić information content (AvgIpc) is 3.65. The number of aromatic amines is 1. The summed E-state index contributed by atoms with van der Waals surface area (Å²) < 4.78 is 29.7. The number of nitrogens with one attached hydrogen (secondary N) is 2. The summed E-state index contributed by atoms with van der Waals surface area (Å²) in [6, 6.07) is 7.45. The quantitative estimate of drug-likeness (QED) is 0.285. The fraction of sp³-hybridized carbons (Fsp3) is 0.286. The van der Waals surface area contributed by atoms with Crippen LogP contribution in [0.5, 0.6) is 0 Å². The molecule has 6 rings (SSSR count). The van der Waals surface area contributed by atoms with Crippen molar-refractivity contribution >= 4 is 28.4 Å². The van der Waals surface area contributed by atoms with Gasteiger partial charge in [0.15, 0.2) is 0 Å². The van der Waals surface area contributed by atoms with E-state index in [1.807, 2.05) is 30.1 Å². The number of rotatable bonds is 7. The van der Waals surface area contributed by atoms with Gasteiger partial charge in [0.05, 0.1) is 36.1 Å². The van der Waals surface area contributed by atoms with Gasteiger partial charge in [-0.15, -0.1) is 0 Å². The Morgan fingerprint density at radius 3 is 2.77 bits per heavy atom. The van der Waals surface area contributed by atoms with Gasteiger partial charge < -0.3 is 15.2 Å². The molecule has 1 saturated heterocycles. The molecule has 0 radical (unpaired) electrons. The van der Waals surface area contributed by atoms with Crippen molar-refractivity contribution in [2.75, 3.05) is 23.3 Å². The Hall–Kier alpha value is -4.92. The fourth-order valence-electron chi connectivity index (χ4n) is 5.42. The van der Waals surface area contributed by atoms with E-state index in [2.05, 4.69) is 46.3 Å². The second kappa shape index (κ2) is 10.7. The third-order valence-corrected chi connectivity index (χ3v) is 7.49. The van der Waals surface area contributed by atoms with Crippen LogP contribution in [0.4, 0.5) is 26.1 Å².